The number of ether oxygens (including phenoxy) is 1. The van der Waals surface area contributed by atoms with E-state index in [-0.39, 0.29) is 25.6 Å². The van der Waals surface area contributed by atoms with E-state index in [9.17, 15) is 4.79 Å². The maximum absolute atomic E-state index is 11.5. The van der Waals surface area contributed by atoms with Crippen LogP contribution in [-0.4, -0.2) is 29.7 Å². The molecule has 1 atom stereocenters. The largest absolute Gasteiger partial charge is 0.444 e. The fourth-order valence-electron chi connectivity index (χ4n) is 1.32. The fourth-order valence-corrected chi connectivity index (χ4v) is 1.32. The van der Waals surface area contributed by atoms with Gasteiger partial charge in [-0.15, -0.1) is 5.92 Å². The third kappa shape index (κ3) is 4.41. The van der Waals surface area contributed by atoms with Crippen LogP contribution in [0.5, 0.6) is 0 Å². The minimum Gasteiger partial charge on any atom is -0.444 e. The molecule has 1 amide bonds. The van der Waals surface area contributed by atoms with E-state index in [0.717, 1.165) is 19.5 Å². The Kier molecular flexibility index (Phi) is 5.07. The van der Waals surface area contributed by atoms with Crippen molar-refractivity contribution >= 4 is 6.09 Å². The van der Waals surface area contributed by atoms with Crippen LogP contribution >= 0.6 is 0 Å². The topological polar surface area (TPSA) is 29.5 Å². The van der Waals surface area contributed by atoms with Crippen molar-refractivity contribution in [1.82, 2.24) is 4.90 Å². The molecular formula is C10H18NO2Zn-. The first-order valence-corrected chi connectivity index (χ1v) is 4.69. The van der Waals surface area contributed by atoms with Crippen molar-refractivity contribution in [2.45, 2.75) is 32.8 Å². The van der Waals surface area contributed by atoms with Crippen LogP contribution in [0.4, 0.5) is 4.79 Å². The van der Waals surface area contributed by atoms with Gasteiger partial charge in [-0.2, -0.15) is 0 Å². The minimum absolute atomic E-state index is 0. The van der Waals surface area contributed by atoms with Crippen molar-refractivity contribution in [2.75, 3.05) is 13.1 Å². The summed E-state index contributed by atoms with van der Waals surface area (Å²) in [6, 6.07) is 0. The van der Waals surface area contributed by atoms with Crippen LogP contribution in [0.1, 0.15) is 27.2 Å². The molecule has 14 heavy (non-hydrogen) atoms. The van der Waals surface area contributed by atoms with Gasteiger partial charge in [0.2, 0.25) is 0 Å². The number of amides is 1. The number of carbonyl (C=O) groups excluding carboxylic acids is 1. The summed E-state index contributed by atoms with van der Waals surface area (Å²) in [6.45, 7) is 11.1. The van der Waals surface area contributed by atoms with Crippen LogP contribution < -0.4 is 0 Å². The van der Waals surface area contributed by atoms with Crippen molar-refractivity contribution in [1.29, 1.82) is 0 Å². The van der Waals surface area contributed by atoms with E-state index in [2.05, 4.69) is 6.92 Å². The summed E-state index contributed by atoms with van der Waals surface area (Å²) in [5, 5.41) is 0. The average Bonchev–Trinajstić information content (AvgIpc) is 2.31. The molecule has 1 aliphatic heterocycles. The Labute approximate surface area is 98.9 Å². The summed E-state index contributed by atoms with van der Waals surface area (Å²) in [7, 11) is 0. The van der Waals surface area contributed by atoms with Crippen molar-refractivity contribution in [2.24, 2.45) is 5.92 Å². The Hall–Kier alpha value is -0.107. The zero-order chi connectivity index (χ0) is 10.1. The Balaban J connectivity index is 0.00000169. The molecule has 0 aliphatic carbocycles. The number of hydrogen-bond acceptors (Lipinski definition) is 2. The third-order valence-corrected chi connectivity index (χ3v) is 1.94. The van der Waals surface area contributed by atoms with E-state index in [0.29, 0.717) is 5.92 Å². The number of rotatable bonds is 0. The average molecular weight is 250 g/mol. The van der Waals surface area contributed by atoms with Gasteiger partial charge in [-0.1, -0.05) is 6.42 Å². The molecular weight excluding hydrogens is 232 g/mol. The van der Waals surface area contributed by atoms with Crippen molar-refractivity contribution < 1.29 is 29.0 Å². The first-order valence-electron chi connectivity index (χ1n) is 4.69. The molecule has 1 aliphatic rings. The summed E-state index contributed by atoms with van der Waals surface area (Å²) < 4.78 is 5.23. The maximum Gasteiger partial charge on any atom is 0.410 e. The molecule has 78 valence electrons. The first kappa shape index (κ1) is 13.9. The predicted octanol–water partition coefficient (Wildman–Crippen LogP) is 2.07. The Morgan fingerprint density at radius 2 is 2.07 bits per heavy atom. The maximum atomic E-state index is 11.5. The second-order valence-corrected chi connectivity index (χ2v) is 4.58. The summed E-state index contributed by atoms with van der Waals surface area (Å²) in [6.07, 6.45) is 0.776. The molecule has 0 saturated carbocycles. The summed E-state index contributed by atoms with van der Waals surface area (Å²) in [4.78, 5) is 13.2. The first-order chi connectivity index (χ1) is 5.88. The van der Waals surface area contributed by atoms with Crippen LogP contribution in [0.2, 0.25) is 0 Å². The van der Waals surface area contributed by atoms with E-state index in [4.69, 9.17) is 4.74 Å². The summed E-state index contributed by atoms with van der Waals surface area (Å²) in [5.41, 5.74) is -0.393. The van der Waals surface area contributed by atoms with Gasteiger partial charge in [-0.25, -0.2) is 4.79 Å². The van der Waals surface area contributed by atoms with Crippen LogP contribution in [0.15, 0.2) is 0 Å². The molecule has 0 radical (unpaired) electrons. The molecule has 0 aromatic rings. The molecule has 1 fully saturated rings. The van der Waals surface area contributed by atoms with Gasteiger partial charge in [0, 0.05) is 26.0 Å². The molecule has 4 heteroatoms. The second-order valence-electron chi connectivity index (χ2n) is 4.58. The SMILES string of the molecule is [CH2-]C1CCN(C(=O)OC(C)(C)C)C1.[Zn]. The van der Waals surface area contributed by atoms with Gasteiger partial charge in [-0.05, 0) is 27.3 Å². The molecule has 1 heterocycles. The van der Waals surface area contributed by atoms with E-state index in [1.165, 1.54) is 0 Å². The number of hydrogen-bond donors (Lipinski definition) is 0. The van der Waals surface area contributed by atoms with Gasteiger partial charge < -0.3 is 16.6 Å². The molecule has 1 saturated heterocycles. The summed E-state index contributed by atoms with van der Waals surface area (Å²) in [5.74, 6) is 0.368. The van der Waals surface area contributed by atoms with Gasteiger partial charge in [0.25, 0.3) is 0 Å². The van der Waals surface area contributed by atoms with Gasteiger partial charge in [0.05, 0.1) is 0 Å². The van der Waals surface area contributed by atoms with Crippen molar-refractivity contribution in [3.8, 4) is 0 Å². The monoisotopic (exact) mass is 248 g/mol. The van der Waals surface area contributed by atoms with E-state index >= 15 is 0 Å². The van der Waals surface area contributed by atoms with E-state index in [1.54, 1.807) is 4.90 Å². The molecule has 0 aromatic carbocycles. The zero-order valence-corrected chi connectivity index (χ0v) is 12.3. The molecule has 1 unspecified atom stereocenters. The molecule has 0 spiro atoms. The van der Waals surface area contributed by atoms with Gasteiger partial charge in [-0.3, -0.25) is 0 Å². The predicted molar refractivity (Wildman–Crippen MR) is 51.3 cm³/mol. The number of carbonyl (C=O) groups is 1. The molecule has 0 aromatic heterocycles. The van der Waals surface area contributed by atoms with Gasteiger partial charge in [0.1, 0.15) is 5.60 Å². The smallest absolute Gasteiger partial charge is 0.410 e. The standard InChI is InChI=1S/C10H18NO2.Zn/c1-8-5-6-11(7-8)9(12)13-10(2,3)4;/h8H,1,5-7H2,2-4H3;/q-1;. The Morgan fingerprint density at radius 3 is 2.43 bits per heavy atom. The van der Waals surface area contributed by atoms with Crippen molar-refractivity contribution in [3.05, 3.63) is 6.92 Å². The summed E-state index contributed by atoms with van der Waals surface area (Å²) >= 11 is 0. The van der Waals surface area contributed by atoms with Crippen LogP contribution in [0, 0.1) is 12.8 Å². The van der Waals surface area contributed by atoms with E-state index < -0.39 is 5.60 Å². The third-order valence-electron chi connectivity index (χ3n) is 1.94. The fraction of sp³-hybridized carbons (Fsp3) is 0.800. The zero-order valence-electron chi connectivity index (χ0n) is 9.38. The second kappa shape index (κ2) is 5.11. The minimum atomic E-state index is -0.393. The Morgan fingerprint density at radius 1 is 1.50 bits per heavy atom. The van der Waals surface area contributed by atoms with E-state index in [1.807, 2.05) is 20.8 Å². The van der Waals surface area contributed by atoms with Crippen LogP contribution in [0.25, 0.3) is 0 Å². The number of likely N-dealkylation sites (tertiary alicyclic amines) is 1. The molecule has 3 nitrogen and oxygen atoms in total. The van der Waals surface area contributed by atoms with Gasteiger partial charge >= 0.3 is 6.09 Å². The van der Waals surface area contributed by atoms with Crippen molar-refractivity contribution in [3.63, 3.8) is 0 Å². The molecule has 0 bridgehead atoms. The normalized spacial score (nSPS) is 21.7. The molecule has 1 rings (SSSR count). The van der Waals surface area contributed by atoms with Crippen LogP contribution in [-0.2, 0) is 24.2 Å². The number of nitrogens with zero attached hydrogens (tertiary/aromatic N) is 1. The quantitative estimate of drug-likeness (QED) is 0.486. The van der Waals surface area contributed by atoms with Crippen LogP contribution in [0.3, 0.4) is 0 Å². The molecule has 0 N–H and O–H groups in total. The Bertz CT molecular complexity index is 201. The van der Waals surface area contributed by atoms with Gasteiger partial charge in [0.15, 0.2) is 0 Å².